The first-order chi connectivity index (χ1) is 35.4. The van der Waals surface area contributed by atoms with E-state index in [1.807, 2.05) is 0 Å². The number of nitrogens with one attached hydrogen (secondary N) is 1. The lowest BCUT2D eigenvalue weighted by molar-refractivity contribution is -0.338. The lowest BCUT2D eigenvalue weighted by Crippen LogP contribution is -2.69. The van der Waals surface area contributed by atoms with Crippen LogP contribution in [0.3, 0.4) is 0 Å². The number of benzene rings is 3. The number of carbonyl (C=O) groups excluding carboxylic acids is 9. The minimum absolute atomic E-state index is 0.00692. The van der Waals surface area contributed by atoms with Crippen molar-refractivity contribution in [2.75, 3.05) is 33.5 Å². The summed E-state index contributed by atoms with van der Waals surface area (Å²) < 4.78 is 69.4. The molecule has 1 amide bonds. The molecule has 2 saturated heterocycles. The van der Waals surface area contributed by atoms with Crippen LogP contribution in [-0.4, -0.2) is 159 Å². The molecule has 0 aliphatic carbocycles. The van der Waals surface area contributed by atoms with Crippen LogP contribution in [0.1, 0.15) is 71.6 Å². The van der Waals surface area contributed by atoms with Gasteiger partial charge in [-0.05, 0) is 36.4 Å². The van der Waals surface area contributed by atoms with Gasteiger partial charge in [-0.3, -0.25) is 24.0 Å². The quantitative estimate of drug-likeness (QED) is 0.0629. The predicted molar refractivity (Wildman–Crippen MR) is 247 cm³/mol. The maximum absolute atomic E-state index is 14.2. The van der Waals surface area contributed by atoms with Crippen molar-refractivity contribution in [2.45, 2.75) is 107 Å². The van der Waals surface area contributed by atoms with E-state index in [4.69, 9.17) is 63.3 Å². The van der Waals surface area contributed by atoms with Gasteiger partial charge >= 0.3 is 47.8 Å². The second kappa shape index (κ2) is 27.3. The van der Waals surface area contributed by atoms with Crippen LogP contribution in [0.5, 0.6) is 0 Å². The first-order valence-corrected chi connectivity index (χ1v) is 22.8. The number of amides is 1. The van der Waals surface area contributed by atoms with Crippen molar-refractivity contribution in [3.63, 3.8) is 0 Å². The Morgan fingerprint density at radius 3 is 1.72 bits per heavy atom. The van der Waals surface area contributed by atoms with E-state index in [9.17, 15) is 48.3 Å². The van der Waals surface area contributed by atoms with E-state index >= 15 is 0 Å². The zero-order valence-electron chi connectivity index (χ0n) is 40.8. The first-order valence-electron chi connectivity index (χ1n) is 22.8. The first kappa shape index (κ1) is 57.2. The number of aliphatic hydroxyl groups is 1. The van der Waals surface area contributed by atoms with Gasteiger partial charge < -0.3 is 67.3 Å². The van der Waals surface area contributed by atoms with Gasteiger partial charge in [0, 0.05) is 40.5 Å². The van der Waals surface area contributed by atoms with E-state index in [0.717, 1.165) is 34.8 Å². The Bertz CT molecular complexity index is 2480. The van der Waals surface area contributed by atoms with Crippen molar-refractivity contribution < 1.29 is 105 Å². The average Bonchev–Trinajstić information content (AvgIpc) is 3.38. The number of aliphatic hydroxyl groups excluding tert-OH is 1. The molecular weight excluding hydrogens is 979 g/mol. The Morgan fingerprint density at radius 1 is 0.716 bits per heavy atom. The van der Waals surface area contributed by atoms with Crippen LogP contribution in [0.4, 0.5) is 0 Å². The molecule has 2 aliphatic heterocycles. The minimum Gasteiger partial charge on any atom is -0.465 e. The Morgan fingerprint density at radius 2 is 1.23 bits per heavy atom. The number of methoxy groups -OCH3 is 1. The summed E-state index contributed by atoms with van der Waals surface area (Å²) in [7, 11) is 0.915. The molecular formula is C51H55NO22. The second-order valence-electron chi connectivity index (χ2n) is 16.4. The third-order valence-corrected chi connectivity index (χ3v) is 10.9. The fourth-order valence-corrected chi connectivity index (χ4v) is 7.70. The van der Waals surface area contributed by atoms with Gasteiger partial charge in [0.05, 0.1) is 49.2 Å². The van der Waals surface area contributed by atoms with E-state index in [-0.39, 0.29) is 29.7 Å². The normalized spacial score (nSPS) is 23.9. The Balaban J connectivity index is 1.66. The highest BCUT2D eigenvalue weighted by molar-refractivity contribution is 5.91. The van der Waals surface area contributed by atoms with E-state index in [1.54, 1.807) is 42.5 Å². The van der Waals surface area contributed by atoms with Crippen LogP contribution in [0.2, 0.25) is 0 Å². The summed E-state index contributed by atoms with van der Waals surface area (Å²) in [5, 5.41) is 14.4. The number of hydrogen-bond donors (Lipinski definition) is 2. The number of rotatable bonds is 22. The van der Waals surface area contributed by atoms with Gasteiger partial charge in [-0.15, -0.1) is 12.3 Å². The zero-order chi connectivity index (χ0) is 54.0. The molecule has 23 nitrogen and oxygen atoms in total. The lowest BCUT2D eigenvalue weighted by atomic mass is 9.88. The highest BCUT2D eigenvalue weighted by Crippen LogP contribution is 2.38. The van der Waals surface area contributed by atoms with Crippen LogP contribution < -0.4 is 5.32 Å². The van der Waals surface area contributed by atoms with Crippen molar-refractivity contribution in [1.29, 1.82) is 0 Å². The summed E-state index contributed by atoms with van der Waals surface area (Å²) in [6.07, 6.45) is -12.1. The molecule has 0 spiro atoms. The predicted octanol–water partition coefficient (Wildman–Crippen LogP) is 1.94. The van der Waals surface area contributed by atoms with E-state index < -0.39 is 147 Å². The number of esters is 8. The Kier molecular flexibility index (Phi) is 21.1. The van der Waals surface area contributed by atoms with Crippen molar-refractivity contribution in [2.24, 2.45) is 0 Å². The van der Waals surface area contributed by atoms with E-state index in [0.29, 0.717) is 0 Å². The number of hydrogen-bond acceptors (Lipinski definition) is 22. The fraction of sp³-hybridized carbons (Fsp3) is 0.431. The largest absolute Gasteiger partial charge is 0.465 e. The standard InChI is InChI=1S/C51H55NO22/c1-7-8-24-64-49-45(73-48(61)35-22-16-11-17-23-35)44(72-47(60)34-20-14-10-15-21-34)42(71-46(59)33-18-12-9-13-19-33)38(70-49)27-67-51(50(62)63-6)25-36(57)40(52-39(58)28-66-30(3)54)43(74-51)41(69-32(5)56)37(68-31(4)55)26-65-29(2)53/h1,9-23,36-38,40-45,49,57H,8,24-28H2,2-6H3,(H,52,58)/t36-,37+,38+,40+,41+,42-,43+,44-,45+,49+,51+/m0/s1. The summed E-state index contributed by atoms with van der Waals surface area (Å²) in [6.45, 7) is 1.03. The molecule has 0 bridgehead atoms. The molecule has 0 unspecified atom stereocenters. The maximum Gasteiger partial charge on any atom is 0.366 e. The van der Waals surface area contributed by atoms with Gasteiger partial charge in [-0.1, -0.05) is 54.6 Å². The fourth-order valence-electron chi connectivity index (χ4n) is 7.70. The molecule has 74 heavy (non-hydrogen) atoms. The molecule has 3 aromatic rings. The smallest absolute Gasteiger partial charge is 0.366 e. The summed E-state index contributed by atoms with van der Waals surface area (Å²) >= 11 is 0. The number of ether oxygens (including phenoxy) is 12. The van der Waals surface area contributed by atoms with Crippen LogP contribution in [0, 0.1) is 12.3 Å². The molecule has 2 aliphatic rings. The Hall–Kier alpha value is -7.75. The molecule has 0 aromatic heterocycles. The second-order valence-corrected chi connectivity index (χ2v) is 16.4. The summed E-state index contributed by atoms with van der Waals surface area (Å²) in [5.74, 6) is -9.64. The van der Waals surface area contributed by atoms with Crippen molar-refractivity contribution in [3.8, 4) is 12.3 Å². The summed E-state index contributed by atoms with van der Waals surface area (Å²) in [5.41, 5.74) is 0.0499. The Labute approximate surface area is 424 Å². The van der Waals surface area contributed by atoms with Gasteiger partial charge in [0.25, 0.3) is 11.7 Å². The molecule has 3 aromatic carbocycles. The SMILES string of the molecule is C#CCCO[C@@H]1O[C@H](CO[C@]2(C(=O)OC)C[C@H](O)[C@@H](NC(=O)COC(C)=O)[C@H]([C@H](OC(C)=O)[C@@H](COC(C)=O)OC(C)=O)O2)[C@H](OC(=O)c2ccccc2)[C@H](OC(=O)c2ccccc2)[C@H]1OC(=O)c1ccccc1. The van der Waals surface area contributed by atoms with Gasteiger partial charge in [-0.25, -0.2) is 19.2 Å². The summed E-state index contributed by atoms with van der Waals surface area (Å²) in [6, 6.07) is 21.0. The monoisotopic (exact) mass is 1030 g/mol. The van der Waals surface area contributed by atoms with Gasteiger partial charge in [0.2, 0.25) is 0 Å². The van der Waals surface area contributed by atoms with Crippen LogP contribution in [-0.2, 0) is 85.6 Å². The third kappa shape index (κ3) is 15.9. The lowest BCUT2D eigenvalue weighted by Gasteiger charge is -2.49. The van der Waals surface area contributed by atoms with Crippen LogP contribution in [0.15, 0.2) is 91.0 Å². The van der Waals surface area contributed by atoms with Crippen molar-refractivity contribution in [3.05, 3.63) is 108 Å². The van der Waals surface area contributed by atoms with Crippen molar-refractivity contribution in [1.82, 2.24) is 5.32 Å². The molecule has 5 rings (SSSR count). The topological polar surface area (TPSA) is 297 Å². The molecule has 0 saturated carbocycles. The number of carbonyl (C=O) groups is 9. The third-order valence-electron chi connectivity index (χ3n) is 10.9. The van der Waals surface area contributed by atoms with Crippen LogP contribution in [0.25, 0.3) is 0 Å². The van der Waals surface area contributed by atoms with Crippen molar-refractivity contribution >= 4 is 53.7 Å². The molecule has 2 fully saturated rings. The zero-order valence-corrected chi connectivity index (χ0v) is 40.8. The summed E-state index contributed by atoms with van der Waals surface area (Å²) in [4.78, 5) is 118. The van der Waals surface area contributed by atoms with E-state index in [1.165, 1.54) is 48.5 Å². The molecule has 2 heterocycles. The molecule has 0 radical (unpaired) electrons. The highest BCUT2D eigenvalue weighted by Gasteiger charge is 2.60. The molecule has 2 N–H and O–H groups in total. The molecule has 11 atom stereocenters. The van der Waals surface area contributed by atoms with Gasteiger partial charge in [0.1, 0.15) is 18.8 Å². The molecule has 23 heteroatoms. The van der Waals surface area contributed by atoms with Crippen LogP contribution >= 0.6 is 0 Å². The molecule has 396 valence electrons. The highest BCUT2D eigenvalue weighted by atomic mass is 16.8. The average molecular weight is 1030 g/mol. The van der Waals surface area contributed by atoms with E-state index in [2.05, 4.69) is 11.2 Å². The van der Waals surface area contributed by atoms with Gasteiger partial charge in [-0.2, -0.15) is 0 Å². The van der Waals surface area contributed by atoms with Gasteiger partial charge in [0.15, 0.2) is 43.4 Å². The maximum atomic E-state index is 14.2. The minimum atomic E-state index is -2.86. The number of terminal acetylenes is 1.